The van der Waals surface area contributed by atoms with Crippen molar-refractivity contribution >= 4 is 17.5 Å². The van der Waals surface area contributed by atoms with Crippen molar-refractivity contribution in [1.29, 1.82) is 0 Å². The van der Waals surface area contributed by atoms with E-state index in [1.165, 1.54) is 6.20 Å². The number of amides is 1. The third-order valence-corrected chi connectivity index (χ3v) is 4.36. The van der Waals surface area contributed by atoms with Crippen LogP contribution in [-0.2, 0) is 4.79 Å². The third kappa shape index (κ3) is 6.31. The zero-order valence-electron chi connectivity index (χ0n) is 17.4. The van der Waals surface area contributed by atoms with E-state index < -0.39 is 5.91 Å². The first kappa shape index (κ1) is 21.8. The number of aromatic nitrogens is 3. The second-order valence-corrected chi connectivity index (χ2v) is 6.91. The molecular weight excluding hydrogens is 396 g/mol. The standard InChI is InChI=1S/C22H24N6O3/c1-15(29)12-24-10-11-28(2)20-13-25-14-21(27-20)31-17-8-6-16(7-9-17)18-4-3-5-19(26-18)22(23)30/h3-9,13-14,24H,10-12H2,1-2H3,(H2,23,30). The Morgan fingerprint density at radius 1 is 1.10 bits per heavy atom. The maximum atomic E-state index is 11.3. The smallest absolute Gasteiger partial charge is 0.267 e. The summed E-state index contributed by atoms with van der Waals surface area (Å²) in [7, 11) is 1.89. The summed E-state index contributed by atoms with van der Waals surface area (Å²) in [6.45, 7) is 3.21. The Morgan fingerprint density at radius 2 is 1.87 bits per heavy atom. The monoisotopic (exact) mass is 420 g/mol. The van der Waals surface area contributed by atoms with Gasteiger partial charge in [-0.3, -0.25) is 14.6 Å². The normalized spacial score (nSPS) is 10.5. The van der Waals surface area contributed by atoms with Crippen molar-refractivity contribution in [3.8, 4) is 22.9 Å². The first-order chi connectivity index (χ1) is 14.9. The van der Waals surface area contributed by atoms with Gasteiger partial charge in [0, 0.05) is 25.7 Å². The van der Waals surface area contributed by atoms with Crippen LogP contribution >= 0.6 is 0 Å². The fraction of sp³-hybridized carbons (Fsp3) is 0.227. The Balaban J connectivity index is 1.64. The summed E-state index contributed by atoms with van der Waals surface area (Å²) < 4.78 is 5.82. The van der Waals surface area contributed by atoms with Crippen molar-refractivity contribution in [2.45, 2.75) is 6.92 Å². The number of nitrogens with two attached hydrogens (primary N) is 1. The Kier molecular flexibility index (Phi) is 7.23. The molecule has 2 aromatic heterocycles. The summed E-state index contributed by atoms with van der Waals surface area (Å²) in [4.78, 5) is 37.2. The number of carbonyl (C=O) groups excluding carboxylic acids is 2. The van der Waals surface area contributed by atoms with E-state index in [-0.39, 0.29) is 11.5 Å². The molecule has 0 bridgehead atoms. The fourth-order valence-electron chi connectivity index (χ4n) is 2.74. The molecule has 3 N–H and O–H groups in total. The predicted molar refractivity (Wildman–Crippen MR) is 117 cm³/mol. The number of anilines is 1. The highest BCUT2D eigenvalue weighted by Gasteiger charge is 2.08. The van der Waals surface area contributed by atoms with Crippen LogP contribution < -0.4 is 20.7 Å². The summed E-state index contributed by atoms with van der Waals surface area (Å²) >= 11 is 0. The van der Waals surface area contributed by atoms with Gasteiger partial charge in [-0.25, -0.2) is 4.98 Å². The summed E-state index contributed by atoms with van der Waals surface area (Å²) in [5.74, 6) is 1.14. The molecule has 31 heavy (non-hydrogen) atoms. The number of Topliss-reactive ketones (excluding diaryl/α,β-unsaturated/α-hetero) is 1. The molecule has 0 fully saturated rings. The molecule has 3 aromatic rings. The van der Waals surface area contributed by atoms with Crippen LogP contribution in [0.15, 0.2) is 54.9 Å². The lowest BCUT2D eigenvalue weighted by Gasteiger charge is -2.18. The van der Waals surface area contributed by atoms with E-state index in [1.54, 1.807) is 43.5 Å². The number of pyridine rings is 1. The third-order valence-electron chi connectivity index (χ3n) is 4.36. The van der Waals surface area contributed by atoms with Crippen LogP contribution in [0.1, 0.15) is 17.4 Å². The minimum absolute atomic E-state index is 0.0974. The molecule has 3 rings (SSSR count). The Bertz CT molecular complexity index is 1060. The highest BCUT2D eigenvalue weighted by Crippen LogP contribution is 2.24. The molecule has 0 aliphatic rings. The number of hydrogen-bond acceptors (Lipinski definition) is 8. The molecule has 2 heterocycles. The van der Waals surface area contributed by atoms with Gasteiger partial charge in [-0.1, -0.05) is 6.07 Å². The molecule has 9 heteroatoms. The lowest BCUT2D eigenvalue weighted by molar-refractivity contribution is -0.116. The SMILES string of the molecule is CC(=O)CNCCN(C)c1cncc(Oc2ccc(-c3cccc(C(N)=O)n3)cc2)n1. The fourth-order valence-corrected chi connectivity index (χ4v) is 2.74. The van der Waals surface area contributed by atoms with Crippen LogP contribution in [0.4, 0.5) is 5.82 Å². The topological polar surface area (TPSA) is 123 Å². The van der Waals surface area contributed by atoms with Gasteiger partial charge in [0.15, 0.2) is 5.82 Å². The van der Waals surface area contributed by atoms with Gasteiger partial charge in [-0.2, -0.15) is 4.98 Å². The van der Waals surface area contributed by atoms with Crippen molar-refractivity contribution in [3.05, 3.63) is 60.6 Å². The second-order valence-electron chi connectivity index (χ2n) is 6.91. The lowest BCUT2D eigenvalue weighted by atomic mass is 10.1. The van der Waals surface area contributed by atoms with Crippen molar-refractivity contribution in [1.82, 2.24) is 20.3 Å². The van der Waals surface area contributed by atoms with Gasteiger partial charge in [0.1, 0.15) is 17.2 Å². The average Bonchev–Trinajstić information content (AvgIpc) is 2.77. The number of hydrogen-bond donors (Lipinski definition) is 2. The van der Waals surface area contributed by atoms with Gasteiger partial charge in [-0.05, 0) is 43.3 Å². The van der Waals surface area contributed by atoms with Crippen molar-refractivity contribution in [2.24, 2.45) is 5.73 Å². The van der Waals surface area contributed by atoms with E-state index in [1.807, 2.05) is 24.1 Å². The first-order valence-electron chi connectivity index (χ1n) is 9.71. The van der Waals surface area contributed by atoms with Crippen LogP contribution in [0.3, 0.4) is 0 Å². The average molecular weight is 420 g/mol. The number of likely N-dealkylation sites (N-methyl/N-ethyl adjacent to an activating group) is 1. The van der Waals surface area contributed by atoms with Gasteiger partial charge < -0.3 is 20.7 Å². The van der Waals surface area contributed by atoms with Crippen LogP contribution in [0.5, 0.6) is 11.6 Å². The van der Waals surface area contributed by atoms with E-state index in [4.69, 9.17) is 10.5 Å². The number of rotatable bonds is 10. The largest absolute Gasteiger partial charge is 0.437 e. The highest BCUT2D eigenvalue weighted by atomic mass is 16.5. The second kappa shape index (κ2) is 10.3. The number of nitrogens with one attached hydrogen (secondary N) is 1. The number of primary amides is 1. The zero-order chi connectivity index (χ0) is 22.2. The Morgan fingerprint density at radius 3 is 2.58 bits per heavy atom. The van der Waals surface area contributed by atoms with E-state index in [0.717, 1.165) is 5.56 Å². The lowest BCUT2D eigenvalue weighted by Crippen LogP contribution is -2.32. The quantitative estimate of drug-likeness (QED) is 0.478. The van der Waals surface area contributed by atoms with E-state index >= 15 is 0 Å². The van der Waals surface area contributed by atoms with Gasteiger partial charge >= 0.3 is 0 Å². The maximum Gasteiger partial charge on any atom is 0.267 e. The molecular formula is C22H24N6O3. The van der Waals surface area contributed by atoms with E-state index in [0.29, 0.717) is 42.8 Å². The van der Waals surface area contributed by atoms with Crippen molar-refractivity contribution in [2.75, 3.05) is 31.6 Å². The van der Waals surface area contributed by atoms with Crippen molar-refractivity contribution < 1.29 is 14.3 Å². The molecule has 0 spiro atoms. The molecule has 0 aliphatic carbocycles. The van der Waals surface area contributed by atoms with Crippen molar-refractivity contribution in [3.63, 3.8) is 0 Å². The molecule has 0 radical (unpaired) electrons. The Hall–Kier alpha value is -3.85. The van der Waals surface area contributed by atoms with Crippen LogP contribution in [0, 0.1) is 0 Å². The molecule has 0 atom stereocenters. The first-order valence-corrected chi connectivity index (χ1v) is 9.71. The zero-order valence-corrected chi connectivity index (χ0v) is 17.4. The Labute approximate surface area is 180 Å². The number of benzene rings is 1. The number of nitrogens with zero attached hydrogens (tertiary/aromatic N) is 4. The number of ether oxygens (including phenoxy) is 1. The molecule has 1 aromatic carbocycles. The van der Waals surface area contributed by atoms with Gasteiger partial charge in [0.25, 0.3) is 5.91 Å². The minimum Gasteiger partial charge on any atom is -0.437 e. The molecule has 1 amide bonds. The van der Waals surface area contributed by atoms with Gasteiger partial charge in [0.05, 0.1) is 24.6 Å². The molecule has 0 unspecified atom stereocenters. The van der Waals surface area contributed by atoms with E-state index in [9.17, 15) is 9.59 Å². The van der Waals surface area contributed by atoms with E-state index in [2.05, 4.69) is 20.3 Å². The summed E-state index contributed by atoms with van der Waals surface area (Å²) in [6, 6.07) is 12.4. The van der Waals surface area contributed by atoms with Gasteiger partial charge in [-0.15, -0.1) is 0 Å². The van der Waals surface area contributed by atoms with Crippen LogP contribution in [0.25, 0.3) is 11.3 Å². The van der Waals surface area contributed by atoms with Gasteiger partial charge in [0.2, 0.25) is 5.88 Å². The maximum absolute atomic E-state index is 11.3. The van der Waals surface area contributed by atoms with Crippen LogP contribution in [-0.4, -0.2) is 53.3 Å². The number of ketones is 1. The molecule has 160 valence electrons. The highest BCUT2D eigenvalue weighted by molar-refractivity contribution is 5.91. The molecule has 0 aliphatic heterocycles. The summed E-state index contributed by atoms with van der Waals surface area (Å²) in [6.07, 6.45) is 3.19. The molecule has 0 saturated heterocycles. The minimum atomic E-state index is -0.570. The number of carbonyl (C=O) groups is 2. The summed E-state index contributed by atoms with van der Waals surface area (Å²) in [5, 5.41) is 3.07. The predicted octanol–water partition coefficient (Wildman–Crippen LogP) is 2.04. The molecule has 9 nitrogen and oxygen atoms in total. The molecule has 0 saturated carbocycles. The summed E-state index contributed by atoms with van der Waals surface area (Å²) in [5.41, 5.74) is 6.98. The van der Waals surface area contributed by atoms with Crippen LogP contribution in [0.2, 0.25) is 0 Å².